The second kappa shape index (κ2) is 13.1. The molecule has 0 aromatic heterocycles. The van der Waals surface area contributed by atoms with Crippen LogP contribution in [0.1, 0.15) is 72.5 Å². The highest BCUT2D eigenvalue weighted by Crippen LogP contribution is 2.46. The van der Waals surface area contributed by atoms with Crippen molar-refractivity contribution in [1.29, 1.82) is 0 Å². The Balaban J connectivity index is 1.44. The van der Waals surface area contributed by atoms with E-state index in [9.17, 15) is 13.8 Å². The summed E-state index contributed by atoms with van der Waals surface area (Å²) in [6, 6.07) is 12.3. The van der Waals surface area contributed by atoms with E-state index in [1.54, 1.807) is 20.1 Å². The van der Waals surface area contributed by atoms with Crippen molar-refractivity contribution >= 4 is 27.1 Å². The number of anilines is 1. The SMILES string of the molecule is CC#CC(=O)C[S@@]1(=O)=NC(=O)c2ccc3c(c2)N(C[C@@H]2CC[C@H]2[C@@H](OC)/C=C/CCC1)C[C@@]1(CCCc2cc(C)ccc21)CO3. The van der Waals surface area contributed by atoms with Gasteiger partial charge in [-0.1, -0.05) is 41.8 Å². The van der Waals surface area contributed by atoms with Gasteiger partial charge in [-0.15, -0.1) is 0 Å². The van der Waals surface area contributed by atoms with E-state index in [2.05, 4.69) is 58.4 Å². The minimum Gasteiger partial charge on any atom is -0.490 e. The molecule has 2 aliphatic carbocycles. The van der Waals surface area contributed by atoms with E-state index in [0.717, 1.165) is 56.6 Å². The molecule has 2 bridgehead atoms. The summed E-state index contributed by atoms with van der Waals surface area (Å²) in [4.78, 5) is 28.6. The fourth-order valence-corrected chi connectivity index (χ4v) is 9.54. The Hall–Kier alpha value is -3.41. The Kier molecular flexibility index (Phi) is 9.22. The number of benzene rings is 2. The van der Waals surface area contributed by atoms with Crippen molar-refractivity contribution in [3.63, 3.8) is 0 Å². The number of allylic oxidation sites excluding steroid dienone is 1. The lowest BCUT2D eigenvalue weighted by Crippen LogP contribution is -2.49. The third-order valence-corrected chi connectivity index (χ3v) is 12.3. The molecule has 4 aliphatic rings. The van der Waals surface area contributed by atoms with Gasteiger partial charge in [0.05, 0.1) is 28.1 Å². The van der Waals surface area contributed by atoms with Gasteiger partial charge >= 0.3 is 0 Å². The second-order valence-electron chi connectivity index (χ2n) is 13.2. The summed E-state index contributed by atoms with van der Waals surface area (Å²) < 4.78 is 30.8. The lowest BCUT2D eigenvalue weighted by atomic mass is 9.68. The highest BCUT2D eigenvalue weighted by atomic mass is 32.2. The van der Waals surface area contributed by atoms with E-state index in [1.165, 1.54) is 16.7 Å². The van der Waals surface area contributed by atoms with Crippen molar-refractivity contribution in [1.82, 2.24) is 0 Å². The highest BCUT2D eigenvalue weighted by Gasteiger charge is 2.44. The van der Waals surface area contributed by atoms with Crippen molar-refractivity contribution in [3.8, 4) is 17.6 Å². The van der Waals surface area contributed by atoms with E-state index in [0.29, 0.717) is 36.8 Å². The molecule has 5 atom stereocenters. The van der Waals surface area contributed by atoms with Crippen molar-refractivity contribution < 1.29 is 23.3 Å². The lowest BCUT2D eigenvalue weighted by Gasteiger charge is -2.46. The van der Waals surface area contributed by atoms with Crippen molar-refractivity contribution in [2.45, 2.75) is 70.3 Å². The maximum Gasteiger partial charge on any atom is 0.285 e. The molecule has 7 nitrogen and oxygen atoms in total. The molecule has 0 N–H and O–H groups in total. The van der Waals surface area contributed by atoms with Crippen molar-refractivity contribution in [2.75, 3.05) is 43.2 Å². The number of fused-ring (bicyclic) bond motifs is 4. The average molecular weight is 629 g/mol. The summed E-state index contributed by atoms with van der Waals surface area (Å²) in [5.74, 6) is 5.38. The van der Waals surface area contributed by atoms with Crippen molar-refractivity contribution in [3.05, 3.63) is 70.8 Å². The fraction of sp³-hybridized carbons (Fsp3) is 0.514. The Labute approximate surface area is 267 Å². The first-order valence-corrected chi connectivity index (χ1v) is 18.1. The summed E-state index contributed by atoms with van der Waals surface area (Å²) in [5.41, 5.74) is 5.10. The van der Waals surface area contributed by atoms with Gasteiger partial charge in [-0.3, -0.25) is 9.59 Å². The Morgan fingerprint density at radius 1 is 1.20 bits per heavy atom. The van der Waals surface area contributed by atoms with Crippen LogP contribution in [0.25, 0.3) is 0 Å². The van der Waals surface area contributed by atoms with Gasteiger partial charge < -0.3 is 14.4 Å². The number of amides is 1. The quantitative estimate of drug-likeness (QED) is 0.234. The number of hydrogen-bond donors (Lipinski definition) is 0. The molecule has 2 aliphatic heterocycles. The van der Waals surface area contributed by atoms with Gasteiger partial charge in [-0.2, -0.15) is 4.36 Å². The number of ketones is 1. The molecule has 1 saturated carbocycles. The van der Waals surface area contributed by atoms with Gasteiger partial charge in [0, 0.05) is 36.9 Å². The van der Waals surface area contributed by atoms with Crippen LogP contribution in [0.5, 0.6) is 5.75 Å². The third-order valence-electron chi connectivity index (χ3n) is 10.1. The van der Waals surface area contributed by atoms with Gasteiger partial charge in [0.15, 0.2) is 0 Å². The van der Waals surface area contributed by atoms with Crippen LogP contribution >= 0.6 is 0 Å². The molecule has 45 heavy (non-hydrogen) atoms. The summed E-state index contributed by atoms with van der Waals surface area (Å²) in [7, 11) is -1.38. The first-order valence-electron chi connectivity index (χ1n) is 16.3. The van der Waals surface area contributed by atoms with Gasteiger partial charge in [0.25, 0.3) is 5.91 Å². The monoisotopic (exact) mass is 628 g/mol. The molecule has 1 fully saturated rings. The predicted octanol–water partition coefficient (Wildman–Crippen LogP) is 6.06. The molecule has 238 valence electrons. The summed E-state index contributed by atoms with van der Waals surface area (Å²) in [6.45, 7) is 5.89. The van der Waals surface area contributed by atoms with Gasteiger partial charge in [0.2, 0.25) is 5.78 Å². The zero-order valence-electron chi connectivity index (χ0n) is 26.7. The normalized spacial score (nSPS) is 30.2. The first-order chi connectivity index (χ1) is 21.7. The van der Waals surface area contributed by atoms with Crippen LogP contribution in [0, 0.1) is 30.6 Å². The smallest absolute Gasteiger partial charge is 0.285 e. The van der Waals surface area contributed by atoms with Crippen LogP contribution < -0.4 is 9.64 Å². The van der Waals surface area contributed by atoms with E-state index >= 15 is 0 Å². The topological polar surface area (TPSA) is 85.3 Å². The standard InChI is InChI=1S/C37H44N2O5S/c1-4-9-30(40)23-45(42)19-7-5-6-11-34(43-3)31-15-13-29(31)22-39-24-37(18-8-10-27-20-26(2)12-16-32(27)37)25-44-35-17-14-28(21-33(35)39)36(41)38-45/h6,11-12,14,16-17,20-21,29,31,34H,5,7-8,10,13,15,18-19,22-25H2,1-3H3/b11-6+/t29-,31+,34-,37-,45+/m0/s1. The Morgan fingerprint density at radius 2 is 2.07 bits per heavy atom. The maximum absolute atomic E-state index is 14.0. The minimum absolute atomic E-state index is 0.00458. The van der Waals surface area contributed by atoms with Gasteiger partial charge in [0.1, 0.15) is 11.5 Å². The maximum atomic E-state index is 14.0. The summed E-state index contributed by atoms with van der Waals surface area (Å²) in [5, 5.41) is 0. The van der Waals surface area contributed by atoms with E-state index in [1.807, 2.05) is 12.1 Å². The number of rotatable bonds is 3. The van der Waals surface area contributed by atoms with Crippen LogP contribution in [0.3, 0.4) is 0 Å². The second-order valence-corrected chi connectivity index (χ2v) is 15.7. The Bertz CT molecular complexity index is 1690. The molecule has 0 radical (unpaired) electrons. The third kappa shape index (κ3) is 6.62. The van der Waals surface area contributed by atoms with Crippen LogP contribution in [0.15, 0.2) is 52.9 Å². The predicted molar refractivity (Wildman–Crippen MR) is 178 cm³/mol. The van der Waals surface area contributed by atoms with E-state index in [-0.39, 0.29) is 23.0 Å². The number of methoxy groups -OCH3 is 1. The molecule has 2 heterocycles. The molecule has 1 amide bonds. The van der Waals surface area contributed by atoms with Crippen LogP contribution in [0.2, 0.25) is 0 Å². The van der Waals surface area contributed by atoms with Crippen molar-refractivity contribution in [2.24, 2.45) is 16.2 Å². The molecule has 2 aromatic carbocycles. The van der Waals surface area contributed by atoms with Gasteiger partial charge in [-0.05, 0) is 106 Å². The van der Waals surface area contributed by atoms with Crippen LogP contribution in [-0.2, 0) is 31.1 Å². The number of Topliss-reactive ketones (excluding diaryl/α,β-unsaturated/α-hetero) is 1. The number of carbonyl (C=O) groups excluding carboxylic acids is 2. The molecule has 0 unspecified atom stereocenters. The molecule has 0 saturated heterocycles. The number of ether oxygens (including phenoxy) is 2. The van der Waals surface area contributed by atoms with E-state index < -0.39 is 21.4 Å². The largest absolute Gasteiger partial charge is 0.490 e. The highest BCUT2D eigenvalue weighted by molar-refractivity contribution is 7.94. The molecule has 1 spiro atoms. The minimum atomic E-state index is -3.15. The molecular weight excluding hydrogens is 584 g/mol. The van der Waals surface area contributed by atoms with Gasteiger partial charge in [-0.25, -0.2) is 4.21 Å². The molecular formula is C37H44N2O5S. The fourth-order valence-electron chi connectivity index (χ4n) is 7.73. The number of carbonyl (C=O) groups is 2. The molecule has 2 aromatic rings. The zero-order valence-corrected chi connectivity index (χ0v) is 27.5. The van der Waals surface area contributed by atoms with Crippen LogP contribution in [0.4, 0.5) is 5.69 Å². The number of hydrogen-bond acceptors (Lipinski definition) is 6. The number of nitrogens with zero attached hydrogens (tertiary/aromatic N) is 2. The molecule has 6 rings (SSSR count). The average Bonchev–Trinajstić information content (AvgIpc) is 3.14. The van der Waals surface area contributed by atoms with Crippen LogP contribution in [-0.4, -0.2) is 60.3 Å². The lowest BCUT2D eigenvalue weighted by molar-refractivity contribution is -0.111. The Morgan fingerprint density at radius 3 is 2.84 bits per heavy atom. The summed E-state index contributed by atoms with van der Waals surface area (Å²) >= 11 is 0. The zero-order chi connectivity index (χ0) is 31.6. The summed E-state index contributed by atoms with van der Waals surface area (Å²) in [6.07, 6.45) is 10.9. The van der Waals surface area contributed by atoms with E-state index in [4.69, 9.17) is 9.47 Å². The number of aryl methyl sites for hydroxylation is 2. The molecule has 8 heteroatoms. The first kappa shape index (κ1) is 31.6.